The minimum atomic E-state index is -4.75. The van der Waals surface area contributed by atoms with E-state index < -0.39 is 35.2 Å². The Labute approximate surface area is 140 Å². The molecule has 0 fully saturated rings. The number of carbonyl (C=O) groups is 2. The van der Waals surface area contributed by atoms with Crippen molar-refractivity contribution in [1.82, 2.24) is 10.5 Å². The predicted octanol–water partition coefficient (Wildman–Crippen LogP) is 3.20. The maximum atomic E-state index is 13.1. The van der Waals surface area contributed by atoms with Crippen LogP contribution in [-0.4, -0.2) is 22.1 Å². The average Bonchev–Trinajstić information content (AvgIpc) is 3.00. The van der Waals surface area contributed by atoms with E-state index in [1.165, 1.54) is 12.1 Å². The Morgan fingerprint density at radius 2 is 2.00 bits per heavy atom. The SMILES string of the molecule is CCCc1cc(C(=O)N[C@H](C(=O)O)c2ccccc2C(F)(F)F)no1. The summed E-state index contributed by atoms with van der Waals surface area (Å²) in [6.07, 6.45) is -3.48. The molecule has 1 amide bonds. The third-order valence-corrected chi connectivity index (χ3v) is 3.39. The summed E-state index contributed by atoms with van der Waals surface area (Å²) in [7, 11) is 0. The van der Waals surface area contributed by atoms with Crippen LogP contribution in [-0.2, 0) is 17.4 Å². The number of hydrogen-bond acceptors (Lipinski definition) is 4. The molecule has 2 N–H and O–H groups in total. The molecule has 6 nitrogen and oxygen atoms in total. The van der Waals surface area contributed by atoms with Crippen LogP contribution in [0.1, 0.15) is 46.8 Å². The van der Waals surface area contributed by atoms with Crippen LogP contribution >= 0.6 is 0 Å². The molecule has 0 bridgehead atoms. The molecule has 1 aromatic carbocycles. The third-order valence-electron chi connectivity index (χ3n) is 3.39. The van der Waals surface area contributed by atoms with E-state index in [2.05, 4.69) is 10.5 Å². The second kappa shape index (κ2) is 7.37. The molecular formula is C16H15F3N2O4. The van der Waals surface area contributed by atoms with Crippen LogP contribution in [0.15, 0.2) is 34.9 Å². The molecule has 9 heteroatoms. The number of amides is 1. The summed E-state index contributed by atoms with van der Waals surface area (Å²) in [6.45, 7) is 1.89. The van der Waals surface area contributed by atoms with Crippen LogP contribution in [0, 0.1) is 0 Å². The molecule has 2 rings (SSSR count). The molecule has 0 radical (unpaired) electrons. The summed E-state index contributed by atoms with van der Waals surface area (Å²) in [5, 5.41) is 14.8. The van der Waals surface area contributed by atoms with E-state index in [4.69, 9.17) is 4.52 Å². The molecular weight excluding hydrogens is 341 g/mol. The van der Waals surface area contributed by atoms with Gasteiger partial charge in [0.25, 0.3) is 5.91 Å². The quantitative estimate of drug-likeness (QED) is 0.829. The fourth-order valence-corrected chi connectivity index (χ4v) is 2.27. The topological polar surface area (TPSA) is 92.4 Å². The zero-order chi connectivity index (χ0) is 18.6. The Kier molecular flexibility index (Phi) is 5.45. The van der Waals surface area contributed by atoms with Crippen LogP contribution in [0.4, 0.5) is 13.2 Å². The first-order valence-electron chi connectivity index (χ1n) is 7.39. The van der Waals surface area contributed by atoms with Gasteiger partial charge in [0.05, 0.1) is 5.56 Å². The maximum absolute atomic E-state index is 13.1. The van der Waals surface area contributed by atoms with Crippen molar-refractivity contribution in [2.75, 3.05) is 0 Å². The second-order valence-electron chi connectivity index (χ2n) is 5.26. The number of hydrogen-bond donors (Lipinski definition) is 2. The van der Waals surface area contributed by atoms with Crippen molar-refractivity contribution in [1.29, 1.82) is 0 Å². The van der Waals surface area contributed by atoms with E-state index in [0.717, 1.165) is 24.6 Å². The molecule has 0 aliphatic heterocycles. The van der Waals surface area contributed by atoms with Crippen molar-refractivity contribution < 1.29 is 32.4 Å². The molecule has 25 heavy (non-hydrogen) atoms. The zero-order valence-corrected chi connectivity index (χ0v) is 13.1. The Hall–Kier alpha value is -2.84. The molecule has 0 unspecified atom stereocenters. The molecule has 0 aliphatic carbocycles. The molecule has 0 saturated carbocycles. The summed E-state index contributed by atoms with van der Waals surface area (Å²) in [6, 6.07) is 3.62. The van der Waals surface area contributed by atoms with Gasteiger partial charge in [0.2, 0.25) is 0 Å². The van der Waals surface area contributed by atoms with Gasteiger partial charge in [-0.3, -0.25) is 4.79 Å². The van der Waals surface area contributed by atoms with Crippen molar-refractivity contribution in [3.05, 3.63) is 52.9 Å². The highest BCUT2D eigenvalue weighted by Gasteiger charge is 2.37. The van der Waals surface area contributed by atoms with Gasteiger partial charge in [0, 0.05) is 12.5 Å². The first-order valence-corrected chi connectivity index (χ1v) is 7.39. The first-order chi connectivity index (χ1) is 11.7. The highest BCUT2D eigenvalue weighted by molar-refractivity contribution is 5.95. The molecule has 0 aliphatic rings. The van der Waals surface area contributed by atoms with Gasteiger partial charge in [-0.1, -0.05) is 30.3 Å². The Morgan fingerprint density at radius 1 is 1.32 bits per heavy atom. The number of carboxylic acid groups (broad SMARTS) is 1. The smallest absolute Gasteiger partial charge is 0.416 e. The van der Waals surface area contributed by atoms with Crippen molar-refractivity contribution in [3.8, 4) is 0 Å². The van der Waals surface area contributed by atoms with Crippen LogP contribution in [0.25, 0.3) is 0 Å². The molecule has 2 aromatic rings. The number of nitrogens with one attached hydrogen (secondary N) is 1. The van der Waals surface area contributed by atoms with Gasteiger partial charge in [0.1, 0.15) is 5.76 Å². The lowest BCUT2D eigenvalue weighted by Crippen LogP contribution is -2.35. The minimum absolute atomic E-state index is 0.195. The first kappa shape index (κ1) is 18.5. The maximum Gasteiger partial charge on any atom is 0.416 e. The lowest BCUT2D eigenvalue weighted by Gasteiger charge is -2.19. The fraction of sp³-hybridized carbons (Fsp3) is 0.312. The summed E-state index contributed by atoms with van der Waals surface area (Å²) in [5.74, 6) is -2.13. The van der Waals surface area contributed by atoms with Gasteiger partial charge in [-0.2, -0.15) is 13.2 Å². The van der Waals surface area contributed by atoms with E-state index >= 15 is 0 Å². The summed E-state index contributed by atoms with van der Waals surface area (Å²) in [4.78, 5) is 23.6. The normalized spacial score (nSPS) is 12.6. The Balaban J connectivity index is 2.30. The number of aryl methyl sites for hydroxylation is 1. The van der Waals surface area contributed by atoms with Gasteiger partial charge in [-0.05, 0) is 18.1 Å². The number of rotatable bonds is 6. The molecule has 1 aromatic heterocycles. The predicted molar refractivity (Wildman–Crippen MR) is 79.8 cm³/mol. The lowest BCUT2D eigenvalue weighted by atomic mass is 9.99. The standard InChI is InChI=1S/C16H15F3N2O4/c1-2-5-9-8-12(21-25-9)14(22)20-13(15(23)24)10-6-3-4-7-11(10)16(17,18)19/h3-4,6-8,13H,2,5H2,1H3,(H,20,22)(H,23,24)/t13-/m0/s1. The number of benzene rings is 1. The summed E-state index contributed by atoms with van der Waals surface area (Å²) < 4.78 is 44.2. The summed E-state index contributed by atoms with van der Waals surface area (Å²) in [5.41, 5.74) is -1.89. The highest BCUT2D eigenvalue weighted by atomic mass is 19.4. The van der Waals surface area contributed by atoms with Crippen molar-refractivity contribution in [2.24, 2.45) is 0 Å². The number of aromatic nitrogens is 1. The van der Waals surface area contributed by atoms with E-state index in [-0.39, 0.29) is 5.69 Å². The van der Waals surface area contributed by atoms with Crippen LogP contribution in [0.2, 0.25) is 0 Å². The zero-order valence-electron chi connectivity index (χ0n) is 13.1. The van der Waals surface area contributed by atoms with Gasteiger partial charge in [-0.25, -0.2) is 4.79 Å². The Morgan fingerprint density at radius 3 is 2.60 bits per heavy atom. The minimum Gasteiger partial charge on any atom is -0.479 e. The van der Waals surface area contributed by atoms with Crippen LogP contribution < -0.4 is 5.32 Å². The number of halogens is 3. The largest absolute Gasteiger partial charge is 0.479 e. The average molecular weight is 356 g/mol. The van der Waals surface area contributed by atoms with E-state index in [1.54, 1.807) is 0 Å². The van der Waals surface area contributed by atoms with Gasteiger partial charge in [-0.15, -0.1) is 0 Å². The van der Waals surface area contributed by atoms with Crippen molar-refractivity contribution >= 4 is 11.9 Å². The van der Waals surface area contributed by atoms with Gasteiger partial charge >= 0.3 is 12.1 Å². The van der Waals surface area contributed by atoms with Gasteiger partial charge < -0.3 is 14.9 Å². The molecule has 134 valence electrons. The number of carboxylic acids is 1. The number of alkyl halides is 3. The number of carbonyl (C=O) groups excluding carboxylic acids is 1. The third kappa shape index (κ3) is 4.37. The van der Waals surface area contributed by atoms with Gasteiger partial charge in [0.15, 0.2) is 11.7 Å². The molecule has 0 saturated heterocycles. The monoisotopic (exact) mass is 356 g/mol. The molecule has 0 spiro atoms. The van der Waals surface area contributed by atoms with Crippen molar-refractivity contribution in [2.45, 2.75) is 32.0 Å². The lowest BCUT2D eigenvalue weighted by molar-refractivity contribution is -0.142. The summed E-state index contributed by atoms with van der Waals surface area (Å²) >= 11 is 0. The van der Waals surface area contributed by atoms with Crippen LogP contribution in [0.5, 0.6) is 0 Å². The van der Waals surface area contributed by atoms with E-state index in [1.807, 2.05) is 6.92 Å². The number of aliphatic carboxylic acids is 1. The fourth-order valence-electron chi connectivity index (χ4n) is 2.27. The van der Waals surface area contributed by atoms with Crippen LogP contribution in [0.3, 0.4) is 0 Å². The van der Waals surface area contributed by atoms with E-state index in [9.17, 15) is 27.9 Å². The molecule has 1 heterocycles. The van der Waals surface area contributed by atoms with Crippen molar-refractivity contribution in [3.63, 3.8) is 0 Å². The molecule has 1 atom stereocenters. The number of nitrogens with zero attached hydrogens (tertiary/aromatic N) is 1. The van der Waals surface area contributed by atoms with E-state index in [0.29, 0.717) is 12.2 Å². The Bertz CT molecular complexity index is 771. The highest BCUT2D eigenvalue weighted by Crippen LogP contribution is 2.34. The second-order valence-corrected chi connectivity index (χ2v) is 5.26.